The molecular weight excluding hydrogens is 680 g/mol. The third kappa shape index (κ3) is 12.2. The summed E-state index contributed by atoms with van der Waals surface area (Å²) in [5.41, 5.74) is -1.40. The largest absolute Gasteiger partial charge is 0.444 e. The van der Waals surface area contributed by atoms with Gasteiger partial charge in [0.1, 0.15) is 34.0 Å². The molecule has 2 unspecified atom stereocenters. The minimum absolute atomic E-state index is 0.135. The Morgan fingerprint density at radius 1 is 0.604 bits per heavy atom. The number of likely N-dealkylation sites (N-methyl/N-ethyl adjacent to an activating group) is 1. The average molecular weight is 745 g/mol. The zero-order valence-corrected chi connectivity index (χ0v) is 33.9. The van der Waals surface area contributed by atoms with E-state index in [0.717, 1.165) is 51.4 Å². The van der Waals surface area contributed by atoms with Gasteiger partial charge in [0, 0.05) is 48.3 Å². The number of nitrogens with one attached hydrogen (secondary N) is 3. The quantitative estimate of drug-likeness (QED) is 0.261. The van der Waals surface area contributed by atoms with E-state index in [0.29, 0.717) is 47.7 Å². The molecule has 2 aromatic rings. The van der Waals surface area contributed by atoms with E-state index in [1.54, 1.807) is 49.9 Å². The van der Waals surface area contributed by atoms with Gasteiger partial charge in [0.05, 0.1) is 12.1 Å². The van der Waals surface area contributed by atoms with Crippen LogP contribution >= 0.6 is 0 Å². The van der Waals surface area contributed by atoms with E-state index >= 15 is 0 Å². The van der Waals surface area contributed by atoms with Crippen molar-refractivity contribution in [3.05, 3.63) is 40.9 Å². The van der Waals surface area contributed by atoms with Crippen molar-refractivity contribution in [2.45, 2.75) is 129 Å². The first-order valence-electron chi connectivity index (χ1n) is 19.1. The molecule has 14 nitrogen and oxygen atoms in total. The highest BCUT2D eigenvalue weighted by Crippen LogP contribution is 2.30. The predicted molar refractivity (Wildman–Crippen MR) is 213 cm³/mol. The maximum Gasteiger partial charge on any atom is 0.407 e. The van der Waals surface area contributed by atoms with Crippen LogP contribution in [0.1, 0.15) is 106 Å². The van der Waals surface area contributed by atoms with E-state index in [9.17, 15) is 28.8 Å². The summed E-state index contributed by atoms with van der Waals surface area (Å²) in [6.07, 6.45) is 10.3. The number of carbonyl (C=O) groups is 2. The fraction of sp³-hybridized carbons (Fsp3) is 0.744. The second kappa shape index (κ2) is 18.3. The summed E-state index contributed by atoms with van der Waals surface area (Å²) in [5, 5.41) is 9.07. The Labute approximate surface area is 314 Å². The molecule has 2 fully saturated rings. The minimum atomic E-state index is -0.565. The van der Waals surface area contributed by atoms with Crippen LogP contribution in [0, 0.1) is 11.8 Å². The molecule has 0 aliphatic heterocycles. The van der Waals surface area contributed by atoms with Gasteiger partial charge in [-0.1, -0.05) is 38.5 Å². The molecule has 2 atom stereocenters. The number of amides is 2. The van der Waals surface area contributed by atoms with E-state index < -0.39 is 45.1 Å². The first kappa shape index (κ1) is 43.3. The van der Waals surface area contributed by atoms with Gasteiger partial charge in [0.15, 0.2) is 0 Å². The summed E-state index contributed by atoms with van der Waals surface area (Å²) >= 11 is 0. The van der Waals surface area contributed by atoms with Crippen LogP contribution in [-0.2, 0) is 9.47 Å². The lowest BCUT2D eigenvalue weighted by Crippen LogP contribution is -2.52. The molecule has 0 spiro atoms. The van der Waals surface area contributed by atoms with Gasteiger partial charge in [-0.3, -0.25) is 19.2 Å². The van der Waals surface area contributed by atoms with Crippen LogP contribution in [0.2, 0.25) is 0 Å². The SMILES string of the molecule is CN(C)c1c(N(C)CC(NC(=O)OC(C)(C)C)C2CCCCC2)c(=O)c1=O.CN(C)c1c(NCC(NC(=O)OC(C)(C)C)C2CCCCC2)c(=O)c1=O. The number of carbonyl (C=O) groups excluding carboxylic acids is 2. The van der Waals surface area contributed by atoms with Crippen LogP contribution in [0.4, 0.5) is 32.3 Å². The van der Waals surface area contributed by atoms with Crippen LogP contribution in [0.25, 0.3) is 0 Å². The fourth-order valence-corrected chi connectivity index (χ4v) is 7.34. The summed E-state index contributed by atoms with van der Waals surface area (Å²) < 4.78 is 10.8. The van der Waals surface area contributed by atoms with Gasteiger partial charge in [0.2, 0.25) is 0 Å². The molecule has 2 aromatic carbocycles. The Morgan fingerprint density at radius 2 is 1.00 bits per heavy atom. The second-order valence-corrected chi connectivity index (χ2v) is 17.1. The maximum atomic E-state index is 12.3. The van der Waals surface area contributed by atoms with Gasteiger partial charge in [-0.15, -0.1) is 0 Å². The summed E-state index contributed by atoms with van der Waals surface area (Å²) in [6, 6.07) is -0.283. The molecule has 0 saturated heterocycles. The van der Waals surface area contributed by atoms with Crippen molar-refractivity contribution < 1.29 is 19.1 Å². The van der Waals surface area contributed by atoms with Gasteiger partial charge < -0.3 is 40.1 Å². The monoisotopic (exact) mass is 744 g/mol. The van der Waals surface area contributed by atoms with Crippen molar-refractivity contribution in [1.82, 2.24) is 10.6 Å². The molecule has 2 saturated carbocycles. The molecule has 2 amide bonds. The molecule has 0 aromatic heterocycles. The Bertz CT molecular complexity index is 1660. The number of rotatable bonds is 12. The van der Waals surface area contributed by atoms with Crippen molar-refractivity contribution in [3.63, 3.8) is 0 Å². The topological polar surface area (TPSA) is 167 Å². The number of alkyl carbamates (subject to hydrolysis) is 2. The van der Waals surface area contributed by atoms with Crippen LogP contribution in [0.3, 0.4) is 0 Å². The van der Waals surface area contributed by atoms with Crippen molar-refractivity contribution in [3.8, 4) is 0 Å². The highest BCUT2D eigenvalue weighted by Gasteiger charge is 2.33. The highest BCUT2D eigenvalue weighted by atomic mass is 16.6. The van der Waals surface area contributed by atoms with Crippen LogP contribution in [0.15, 0.2) is 19.2 Å². The van der Waals surface area contributed by atoms with Gasteiger partial charge in [-0.2, -0.15) is 0 Å². The van der Waals surface area contributed by atoms with Crippen molar-refractivity contribution in [2.75, 3.05) is 68.3 Å². The van der Waals surface area contributed by atoms with Gasteiger partial charge in [0.25, 0.3) is 21.7 Å². The smallest absolute Gasteiger partial charge is 0.407 e. The summed E-state index contributed by atoms with van der Waals surface area (Å²) in [7, 11) is 8.78. The molecule has 0 bridgehead atoms. The molecule has 2 aliphatic rings. The van der Waals surface area contributed by atoms with Crippen molar-refractivity contribution >= 4 is 34.9 Å². The molecule has 298 valence electrons. The Balaban J connectivity index is 0.000000286. The number of hydrogen-bond donors (Lipinski definition) is 3. The third-order valence-corrected chi connectivity index (χ3v) is 9.83. The first-order valence-corrected chi connectivity index (χ1v) is 19.1. The lowest BCUT2D eigenvalue weighted by atomic mass is 9.83. The van der Waals surface area contributed by atoms with Gasteiger partial charge >= 0.3 is 12.2 Å². The van der Waals surface area contributed by atoms with Crippen molar-refractivity contribution in [2.24, 2.45) is 11.8 Å². The highest BCUT2D eigenvalue weighted by molar-refractivity contribution is 5.76. The maximum absolute atomic E-state index is 12.3. The molecule has 3 N–H and O–H groups in total. The standard InChI is InChI=1S/C20H33N3O4.C19H31N3O4/c1-20(2,3)27-19(26)21-14(13-10-8-7-9-11-13)12-23(6)16-15(22(4)5)17(24)18(16)25;1-19(2,3)26-18(25)21-13(12-9-7-6-8-10-12)11-20-14-15(22(4)5)17(24)16(14)23/h13-14H,7-12H2,1-6H3,(H,21,26);12-13,20H,6-11H2,1-5H3,(H,21,25). The van der Waals surface area contributed by atoms with Crippen LogP contribution in [-0.4, -0.2) is 83.8 Å². The minimum Gasteiger partial charge on any atom is -0.444 e. The molecule has 0 radical (unpaired) electrons. The Hall–Kier alpha value is -4.10. The molecule has 0 heterocycles. The van der Waals surface area contributed by atoms with E-state index in [-0.39, 0.29) is 12.1 Å². The molecule has 53 heavy (non-hydrogen) atoms. The van der Waals surface area contributed by atoms with Crippen LogP contribution < -0.4 is 52.4 Å². The molecule has 4 rings (SSSR count). The number of anilines is 4. The molecular formula is C39H64N6O8. The van der Waals surface area contributed by atoms with E-state index in [2.05, 4.69) is 16.0 Å². The number of nitrogens with zero attached hydrogens (tertiary/aromatic N) is 3. The summed E-state index contributed by atoms with van der Waals surface area (Å²) in [5.74, 6) is 0.668. The first-order chi connectivity index (χ1) is 24.6. The number of ether oxygens (including phenoxy) is 2. The summed E-state index contributed by atoms with van der Waals surface area (Å²) in [6.45, 7) is 11.8. The fourth-order valence-electron chi connectivity index (χ4n) is 7.34. The second-order valence-electron chi connectivity index (χ2n) is 17.1. The zero-order chi connectivity index (χ0) is 39.8. The molecule has 2 aliphatic carbocycles. The average Bonchev–Trinajstić information content (AvgIpc) is 3.06. The Morgan fingerprint density at radius 3 is 1.43 bits per heavy atom. The molecule has 14 heteroatoms. The van der Waals surface area contributed by atoms with E-state index in [4.69, 9.17) is 9.47 Å². The lowest BCUT2D eigenvalue weighted by Gasteiger charge is -2.35. The van der Waals surface area contributed by atoms with Gasteiger partial charge in [-0.25, -0.2) is 9.59 Å². The van der Waals surface area contributed by atoms with Crippen molar-refractivity contribution in [1.29, 1.82) is 0 Å². The third-order valence-electron chi connectivity index (χ3n) is 9.83. The lowest BCUT2D eigenvalue weighted by molar-refractivity contribution is 0.0469. The predicted octanol–water partition coefficient (Wildman–Crippen LogP) is 4.49. The zero-order valence-electron chi connectivity index (χ0n) is 33.9. The van der Waals surface area contributed by atoms with E-state index in [1.807, 2.05) is 41.5 Å². The summed E-state index contributed by atoms with van der Waals surface area (Å²) in [4.78, 5) is 77.2. The van der Waals surface area contributed by atoms with Gasteiger partial charge in [-0.05, 0) is 79.1 Å². The van der Waals surface area contributed by atoms with E-state index in [1.165, 1.54) is 12.8 Å². The Kier molecular flexibility index (Phi) is 14.9. The number of hydrogen-bond acceptors (Lipinski definition) is 12. The van der Waals surface area contributed by atoms with Crippen LogP contribution in [0.5, 0.6) is 0 Å². The normalized spacial score (nSPS) is 16.9.